The summed E-state index contributed by atoms with van der Waals surface area (Å²) in [4.78, 5) is 14.3. The fourth-order valence-corrected chi connectivity index (χ4v) is 6.35. The van der Waals surface area contributed by atoms with Crippen molar-refractivity contribution < 1.29 is 19.0 Å². The molecule has 0 radical (unpaired) electrons. The highest BCUT2D eigenvalue weighted by atomic mass is 16.6. The molecule has 5 nitrogen and oxygen atoms in total. The zero-order valence-corrected chi connectivity index (χ0v) is 17.9. The number of esters is 1. The highest BCUT2D eigenvalue weighted by molar-refractivity contribution is 5.67. The number of rotatable bonds is 4. The molecule has 2 aliphatic heterocycles. The first-order chi connectivity index (χ1) is 15.1. The fourth-order valence-electron chi connectivity index (χ4n) is 6.35. The molecule has 2 aliphatic carbocycles. The van der Waals surface area contributed by atoms with Crippen molar-refractivity contribution in [3.8, 4) is 11.5 Å². The third-order valence-corrected chi connectivity index (χ3v) is 7.65. The van der Waals surface area contributed by atoms with Gasteiger partial charge in [0, 0.05) is 29.9 Å². The minimum absolute atomic E-state index is 0.166. The Kier molecular flexibility index (Phi) is 4.19. The zero-order valence-electron chi connectivity index (χ0n) is 17.9. The van der Waals surface area contributed by atoms with Crippen molar-refractivity contribution in [3.05, 3.63) is 71.3 Å². The van der Waals surface area contributed by atoms with Crippen LogP contribution in [0, 0.1) is 5.92 Å². The minimum Gasteiger partial charge on any atom is -0.485 e. The van der Waals surface area contributed by atoms with Crippen LogP contribution in [0.4, 0.5) is 0 Å². The van der Waals surface area contributed by atoms with E-state index in [9.17, 15) is 4.79 Å². The molecule has 1 fully saturated rings. The lowest BCUT2D eigenvalue weighted by Crippen LogP contribution is -2.65. The number of carbonyl (C=O) groups excluding carboxylic acids is 1. The zero-order chi connectivity index (χ0) is 21.2. The average molecular weight is 418 g/mol. The molecule has 4 aliphatic rings. The monoisotopic (exact) mass is 417 g/mol. The first kappa shape index (κ1) is 18.9. The molecule has 2 unspecified atom stereocenters. The number of benzene rings is 2. The number of likely N-dealkylation sites (tertiary alicyclic amines) is 1. The summed E-state index contributed by atoms with van der Waals surface area (Å²) in [5.41, 5.74) is 3.59. The molecule has 160 valence electrons. The Morgan fingerprint density at radius 3 is 2.84 bits per heavy atom. The summed E-state index contributed by atoms with van der Waals surface area (Å²) >= 11 is 0. The fraction of sp³-hybridized carbons (Fsp3) is 0.423. The molecule has 0 aromatic heterocycles. The van der Waals surface area contributed by atoms with Crippen molar-refractivity contribution in [1.29, 1.82) is 0 Å². The van der Waals surface area contributed by atoms with E-state index in [0.29, 0.717) is 18.6 Å². The Balaban J connectivity index is 1.44. The van der Waals surface area contributed by atoms with E-state index in [1.807, 2.05) is 24.3 Å². The molecular weight excluding hydrogens is 390 g/mol. The van der Waals surface area contributed by atoms with Crippen LogP contribution in [0.1, 0.15) is 30.0 Å². The van der Waals surface area contributed by atoms with E-state index in [1.54, 1.807) is 0 Å². The van der Waals surface area contributed by atoms with E-state index in [0.717, 1.165) is 36.4 Å². The molecule has 1 saturated heterocycles. The lowest BCUT2D eigenvalue weighted by Gasteiger charge is -2.56. The molecule has 6 rings (SSSR count). The number of nitrogens with zero attached hydrogens (tertiary/aromatic N) is 1. The summed E-state index contributed by atoms with van der Waals surface area (Å²) < 4.78 is 18.7. The van der Waals surface area contributed by atoms with Gasteiger partial charge in [0.25, 0.3) is 0 Å². The van der Waals surface area contributed by atoms with Crippen LogP contribution in [0.15, 0.2) is 54.6 Å². The Morgan fingerprint density at radius 2 is 2.03 bits per heavy atom. The lowest BCUT2D eigenvalue weighted by molar-refractivity contribution is -0.152. The van der Waals surface area contributed by atoms with Gasteiger partial charge in [0.05, 0.1) is 0 Å². The molecule has 31 heavy (non-hydrogen) atoms. The molecule has 5 heteroatoms. The number of hydrogen-bond donors (Lipinski definition) is 0. The van der Waals surface area contributed by atoms with E-state index in [2.05, 4.69) is 42.3 Å². The minimum atomic E-state index is -0.377. The summed E-state index contributed by atoms with van der Waals surface area (Å²) in [5.74, 6) is 1.71. The third-order valence-electron chi connectivity index (χ3n) is 7.65. The number of ether oxygens (including phenoxy) is 3. The summed E-state index contributed by atoms with van der Waals surface area (Å²) in [6, 6.07) is 14.9. The van der Waals surface area contributed by atoms with Gasteiger partial charge in [-0.15, -0.1) is 0 Å². The molecule has 0 saturated carbocycles. The van der Waals surface area contributed by atoms with Crippen LogP contribution in [0.25, 0.3) is 0 Å². The summed E-state index contributed by atoms with van der Waals surface area (Å²) in [5, 5.41) is 0. The van der Waals surface area contributed by atoms with E-state index in [4.69, 9.17) is 14.2 Å². The van der Waals surface area contributed by atoms with Crippen LogP contribution >= 0.6 is 0 Å². The molecule has 0 N–H and O–H groups in total. The molecule has 2 aromatic carbocycles. The summed E-state index contributed by atoms with van der Waals surface area (Å²) in [7, 11) is 2.22. The van der Waals surface area contributed by atoms with Gasteiger partial charge in [-0.1, -0.05) is 42.5 Å². The van der Waals surface area contributed by atoms with Crippen molar-refractivity contribution in [2.24, 2.45) is 5.92 Å². The van der Waals surface area contributed by atoms with Crippen molar-refractivity contribution in [1.82, 2.24) is 4.90 Å². The van der Waals surface area contributed by atoms with E-state index >= 15 is 0 Å². The number of piperidine rings is 1. The van der Waals surface area contributed by atoms with Crippen LogP contribution in [0.5, 0.6) is 11.5 Å². The van der Waals surface area contributed by atoms with Gasteiger partial charge < -0.3 is 19.1 Å². The second-order valence-corrected chi connectivity index (χ2v) is 9.27. The second-order valence-electron chi connectivity index (χ2n) is 9.27. The highest BCUT2D eigenvalue weighted by Gasteiger charge is 2.65. The van der Waals surface area contributed by atoms with Crippen molar-refractivity contribution in [2.75, 3.05) is 13.6 Å². The maximum Gasteiger partial charge on any atom is 0.303 e. The molecule has 5 atom stereocenters. The molecular formula is C26H27NO4. The van der Waals surface area contributed by atoms with E-state index < -0.39 is 0 Å². The first-order valence-electron chi connectivity index (χ1n) is 11.1. The van der Waals surface area contributed by atoms with Gasteiger partial charge in [0.1, 0.15) is 12.7 Å². The SMILES string of the molecule is CC(=O)OC1C=CC2[C@H]3Cc4ccc(OCc5ccccc5)c5c4[C@@]2(CCN3C)[C@H]1O5. The average Bonchev–Trinajstić information content (AvgIpc) is 3.12. The Bertz CT molecular complexity index is 1060. The van der Waals surface area contributed by atoms with Crippen LogP contribution < -0.4 is 9.47 Å². The second kappa shape index (κ2) is 6.86. The molecule has 0 amide bonds. The molecule has 2 heterocycles. The standard InChI is InChI=1S/C26H27NO4/c1-16(28)30-22-11-9-19-20-14-18-8-10-21(29-15-17-6-4-3-5-7-17)24-23(18)26(19,25(22)31-24)12-13-27(20)2/h3-11,19-20,22,25H,12-15H2,1-2H3/t19?,20-,22?,25+,26+/m1/s1. The van der Waals surface area contributed by atoms with Crippen LogP contribution in [-0.4, -0.2) is 42.7 Å². The number of likely N-dealkylation sites (N-methyl/N-ethyl adjacent to an activating group) is 1. The number of carbonyl (C=O) groups is 1. The van der Waals surface area contributed by atoms with E-state index in [-0.39, 0.29) is 23.6 Å². The van der Waals surface area contributed by atoms with Gasteiger partial charge in [-0.25, -0.2) is 0 Å². The topological polar surface area (TPSA) is 48.0 Å². The van der Waals surface area contributed by atoms with Crippen LogP contribution in [0.2, 0.25) is 0 Å². The quantitative estimate of drug-likeness (QED) is 0.562. The molecule has 2 bridgehead atoms. The smallest absolute Gasteiger partial charge is 0.303 e. The predicted molar refractivity (Wildman–Crippen MR) is 116 cm³/mol. The number of hydrogen-bond acceptors (Lipinski definition) is 5. The van der Waals surface area contributed by atoms with Gasteiger partial charge in [0.15, 0.2) is 17.6 Å². The van der Waals surface area contributed by atoms with Crippen molar-refractivity contribution in [3.63, 3.8) is 0 Å². The van der Waals surface area contributed by atoms with Gasteiger partial charge in [-0.3, -0.25) is 4.79 Å². The van der Waals surface area contributed by atoms with Gasteiger partial charge in [-0.2, -0.15) is 0 Å². The van der Waals surface area contributed by atoms with E-state index in [1.165, 1.54) is 18.1 Å². The molecule has 1 spiro atoms. The lowest BCUT2D eigenvalue weighted by atomic mass is 9.53. The largest absolute Gasteiger partial charge is 0.485 e. The van der Waals surface area contributed by atoms with Gasteiger partial charge >= 0.3 is 5.97 Å². The van der Waals surface area contributed by atoms with Crippen LogP contribution in [0.3, 0.4) is 0 Å². The maximum absolute atomic E-state index is 11.8. The molecule has 2 aromatic rings. The Morgan fingerprint density at radius 1 is 1.19 bits per heavy atom. The van der Waals surface area contributed by atoms with Crippen LogP contribution in [-0.2, 0) is 28.0 Å². The summed E-state index contributed by atoms with van der Waals surface area (Å²) in [6.07, 6.45) is 5.73. The highest BCUT2D eigenvalue weighted by Crippen LogP contribution is 2.62. The third kappa shape index (κ3) is 2.69. The Hall–Kier alpha value is -2.79. The summed E-state index contributed by atoms with van der Waals surface area (Å²) in [6.45, 7) is 2.97. The van der Waals surface area contributed by atoms with Crippen molar-refractivity contribution >= 4 is 5.97 Å². The first-order valence-corrected chi connectivity index (χ1v) is 11.1. The predicted octanol–water partition coefficient (Wildman–Crippen LogP) is 3.64. The Labute approximate surface area is 182 Å². The van der Waals surface area contributed by atoms with Gasteiger partial charge in [0.2, 0.25) is 0 Å². The normalized spacial score (nSPS) is 32.2. The maximum atomic E-state index is 11.8. The van der Waals surface area contributed by atoms with Gasteiger partial charge in [-0.05, 0) is 49.7 Å². The van der Waals surface area contributed by atoms with Crippen molar-refractivity contribution in [2.45, 2.75) is 50.0 Å².